The van der Waals surface area contributed by atoms with Crippen LogP contribution in [0.4, 0.5) is 0 Å². The lowest BCUT2D eigenvalue weighted by Gasteiger charge is -2.29. The highest BCUT2D eigenvalue weighted by atomic mass is 32.1. The predicted molar refractivity (Wildman–Crippen MR) is 77.1 cm³/mol. The first kappa shape index (κ1) is 12.6. The Balaban J connectivity index is 1.69. The molecule has 4 atom stereocenters. The first-order chi connectivity index (χ1) is 8.67. The molecule has 1 aromatic heterocycles. The maximum Gasteiger partial charge on any atom is 0.0946 e. The van der Waals surface area contributed by atoms with Crippen LogP contribution in [0.2, 0.25) is 0 Å². The summed E-state index contributed by atoms with van der Waals surface area (Å²) < 4.78 is 0. The Morgan fingerprint density at radius 3 is 2.67 bits per heavy atom. The Hall–Kier alpha value is -0.410. The SMILES string of the molecule is CNC(Cc1nc(C)c(C)s1)C1CC2CCC1C2. The van der Waals surface area contributed by atoms with Gasteiger partial charge in [-0.15, -0.1) is 11.3 Å². The van der Waals surface area contributed by atoms with Crippen molar-refractivity contribution in [3.8, 4) is 0 Å². The fourth-order valence-electron chi connectivity index (χ4n) is 4.07. The summed E-state index contributed by atoms with van der Waals surface area (Å²) in [5.74, 6) is 2.93. The number of hydrogen-bond donors (Lipinski definition) is 1. The summed E-state index contributed by atoms with van der Waals surface area (Å²) in [4.78, 5) is 6.09. The topological polar surface area (TPSA) is 24.9 Å². The zero-order valence-electron chi connectivity index (χ0n) is 11.7. The molecule has 0 amide bonds. The highest BCUT2D eigenvalue weighted by Crippen LogP contribution is 2.49. The van der Waals surface area contributed by atoms with Crippen molar-refractivity contribution in [1.82, 2.24) is 10.3 Å². The standard InChI is InChI=1S/C15H24N2S/c1-9-10(2)18-15(17-9)8-14(16-3)13-7-11-4-5-12(13)6-11/h11-14,16H,4-8H2,1-3H3. The third kappa shape index (κ3) is 2.23. The molecular formula is C15H24N2S. The quantitative estimate of drug-likeness (QED) is 0.902. The molecular weight excluding hydrogens is 240 g/mol. The molecule has 18 heavy (non-hydrogen) atoms. The van der Waals surface area contributed by atoms with E-state index >= 15 is 0 Å². The second-order valence-electron chi connectivity index (χ2n) is 6.19. The van der Waals surface area contributed by atoms with Crippen LogP contribution in [-0.2, 0) is 6.42 Å². The van der Waals surface area contributed by atoms with Gasteiger partial charge in [0.1, 0.15) is 0 Å². The Bertz CT molecular complexity index is 407. The van der Waals surface area contributed by atoms with Gasteiger partial charge in [0.15, 0.2) is 0 Å². The van der Waals surface area contributed by atoms with E-state index in [1.165, 1.54) is 41.3 Å². The summed E-state index contributed by atoms with van der Waals surface area (Å²) in [6.45, 7) is 4.31. The zero-order chi connectivity index (χ0) is 12.7. The summed E-state index contributed by atoms with van der Waals surface area (Å²) in [6, 6.07) is 0.644. The number of fused-ring (bicyclic) bond motifs is 2. The molecule has 2 nitrogen and oxygen atoms in total. The molecule has 1 heterocycles. The van der Waals surface area contributed by atoms with Crippen molar-refractivity contribution in [2.24, 2.45) is 17.8 Å². The molecule has 100 valence electrons. The van der Waals surface area contributed by atoms with Crippen LogP contribution in [-0.4, -0.2) is 18.1 Å². The lowest BCUT2D eigenvalue weighted by Crippen LogP contribution is -2.38. The fourth-order valence-corrected chi connectivity index (χ4v) is 5.06. The molecule has 3 heteroatoms. The molecule has 2 aliphatic rings. The fraction of sp³-hybridized carbons (Fsp3) is 0.800. The Kier molecular flexibility index (Phi) is 3.46. The minimum absolute atomic E-state index is 0.644. The molecule has 0 spiro atoms. The maximum absolute atomic E-state index is 4.71. The van der Waals surface area contributed by atoms with E-state index in [0.29, 0.717) is 6.04 Å². The number of aryl methyl sites for hydroxylation is 2. The number of rotatable bonds is 4. The molecule has 2 saturated carbocycles. The molecule has 2 fully saturated rings. The monoisotopic (exact) mass is 264 g/mol. The molecule has 0 radical (unpaired) electrons. The van der Waals surface area contributed by atoms with Crippen molar-refractivity contribution >= 4 is 11.3 Å². The van der Waals surface area contributed by atoms with Crippen LogP contribution in [0.1, 0.15) is 41.3 Å². The van der Waals surface area contributed by atoms with Gasteiger partial charge in [0.05, 0.1) is 10.7 Å². The molecule has 2 bridgehead atoms. The van der Waals surface area contributed by atoms with Crippen molar-refractivity contribution in [3.63, 3.8) is 0 Å². The van der Waals surface area contributed by atoms with Crippen LogP contribution >= 0.6 is 11.3 Å². The number of nitrogens with zero attached hydrogens (tertiary/aromatic N) is 1. The first-order valence-corrected chi connectivity index (χ1v) is 8.09. The van der Waals surface area contributed by atoms with Crippen molar-refractivity contribution in [1.29, 1.82) is 0 Å². The maximum atomic E-state index is 4.71. The summed E-state index contributed by atoms with van der Waals surface area (Å²) in [5.41, 5.74) is 1.22. The Morgan fingerprint density at radius 2 is 2.17 bits per heavy atom. The minimum Gasteiger partial charge on any atom is -0.316 e. The number of hydrogen-bond acceptors (Lipinski definition) is 3. The Morgan fingerprint density at radius 1 is 1.33 bits per heavy atom. The van der Waals surface area contributed by atoms with Gasteiger partial charge in [0, 0.05) is 17.3 Å². The van der Waals surface area contributed by atoms with Crippen LogP contribution in [0, 0.1) is 31.6 Å². The highest BCUT2D eigenvalue weighted by molar-refractivity contribution is 7.11. The van der Waals surface area contributed by atoms with Crippen LogP contribution in [0.5, 0.6) is 0 Å². The highest BCUT2D eigenvalue weighted by Gasteiger charge is 2.42. The normalized spacial score (nSPS) is 32.1. The van der Waals surface area contributed by atoms with Crippen molar-refractivity contribution in [3.05, 3.63) is 15.6 Å². The molecule has 0 aromatic carbocycles. The molecule has 4 unspecified atom stereocenters. The van der Waals surface area contributed by atoms with Crippen LogP contribution in [0.3, 0.4) is 0 Å². The zero-order valence-corrected chi connectivity index (χ0v) is 12.5. The van der Waals surface area contributed by atoms with Crippen LogP contribution < -0.4 is 5.32 Å². The van der Waals surface area contributed by atoms with Gasteiger partial charge in [0.25, 0.3) is 0 Å². The third-order valence-corrected chi connectivity index (χ3v) is 6.24. The summed E-state index contributed by atoms with van der Waals surface area (Å²) in [7, 11) is 2.13. The smallest absolute Gasteiger partial charge is 0.0946 e. The Labute approximate surface area is 114 Å². The van der Waals surface area contributed by atoms with Gasteiger partial charge < -0.3 is 5.32 Å². The third-order valence-electron chi connectivity index (χ3n) is 5.15. The van der Waals surface area contributed by atoms with Crippen molar-refractivity contribution in [2.45, 2.75) is 52.0 Å². The van der Waals surface area contributed by atoms with E-state index in [0.717, 1.165) is 24.2 Å². The average Bonchev–Trinajstić information content (AvgIpc) is 3.03. The van der Waals surface area contributed by atoms with E-state index in [1.807, 2.05) is 11.3 Å². The molecule has 1 N–H and O–H groups in total. The van der Waals surface area contributed by atoms with Crippen molar-refractivity contribution < 1.29 is 0 Å². The summed E-state index contributed by atoms with van der Waals surface area (Å²) >= 11 is 1.89. The van der Waals surface area contributed by atoms with Gasteiger partial charge in [-0.2, -0.15) is 0 Å². The lowest BCUT2D eigenvalue weighted by molar-refractivity contribution is 0.255. The molecule has 0 aliphatic heterocycles. The molecule has 2 aliphatic carbocycles. The van der Waals surface area contributed by atoms with E-state index in [-0.39, 0.29) is 0 Å². The second-order valence-corrected chi connectivity index (χ2v) is 7.47. The number of nitrogens with one attached hydrogen (secondary N) is 1. The number of thiazole rings is 1. The minimum atomic E-state index is 0.644. The van der Waals surface area contributed by atoms with E-state index in [2.05, 4.69) is 26.2 Å². The largest absolute Gasteiger partial charge is 0.316 e. The van der Waals surface area contributed by atoms with Gasteiger partial charge in [-0.3, -0.25) is 0 Å². The van der Waals surface area contributed by atoms with Gasteiger partial charge in [-0.05, 0) is 57.9 Å². The van der Waals surface area contributed by atoms with E-state index in [4.69, 9.17) is 4.98 Å². The van der Waals surface area contributed by atoms with E-state index < -0.39 is 0 Å². The average molecular weight is 264 g/mol. The van der Waals surface area contributed by atoms with Gasteiger partial charge in [-0.1, -0.05) is 6.42 Å². The van der Waals surface area contributed by atoms with Crippen LogP contribution in [0.15, 0.2) is 0 Å². The van der Waals surface area contributed by atoms with E-state index in [9.17, 15) is 0 Å². The lowest BCUT2D eigenvalue weighted by atomic mass is 9.82. The summed E-state index contributed by atoms with van der Waals surface area (Å²) in [5, 5.41) is 4.90. The number of aromatic nitrogens is 1. The van der Waals surface area contributed by atoms with Gasteiger partial charge in [-0.25, -0.2) is 4.98 Å². The van der Waals surface area contributed by atoms with Gasteiger partial charge >= 0.3 is 0 Å². The summed E-state index contributed by atoms with van der Waals surface area (Å²) in [6.07, 6.45) is 7.05. The van der Waals surface area contributed by atoms with Crippen molar-refractivity contribution in [2.75, 3.05) is 7.05 Å². The molecule has 3 rings (SSSR count). The van der Waals surface area contributed by atoms with E-state index in [1.54, 1.807) is 0 Å². The van der Waals surface area contributed by atoms with Crippen LogP contribution in [0.25, 0.3) is 0 Å². The molecule has 0 saturated heterocycles. The number of likely N-dealkylation sites (N-methyl/N-ethyl adjacent to an activating group) is 1. The van der Waals surface area contributed by atoms with Gasteiger partial charge in [0.2, 0.25) is 0 Å². The predicted octanol–water partition coefficient (Wildman–Crippen LogP) is 3.33. The molecule has 1 aromatic rings. The first-order valence-electron chi connectivity index (χ1n) is 7.27. The second kappa shape index (κ2) is 4.93.